The van der Waals surface area contributed by atoms with Crippen molar-refractivity contribution in [3.63, 3.8) is 0 Å². The molecule has 0 bridgehead atoms. The van der Waals surface area contributed by atoms with Gasteiger partial charge in [0.05, 0.1) is 12.2 Å². The van der Waals surface area contributed by atoms with Crippen molar-refractivity contribution in [3.05, 3.63) is 50.3 Å². The van der Waals surface area contributed by atoms with Crippen LogP contribution in [0.2, 0.25) is 0 Å². The molecule has 2 rings (SSSR count). The van der Waals surface area contributed by atoms with Crippen LogP contribution in [0.25, 0.3) is 0 Å². The highest BCUT2D eigenvalue weighted by Crippen LogP contribution is 2.14. The second-order valence-corrected chi connectivity index (χ2v) is 5.15. The first kappa shape index (κ1) is 13.0. The molecule has 5 heteroatoms. The molecule has 1 aromatic carbocycles. The van der Waals surface area contributed by atoms with E-state index in [0.717, 1.165) is 22.2 Å². The molecule has 0 aliphatic heterocycles. The molecule has 18 heavy (non-hydrogen) atoms. The van der Waals surface area contributed by atoms with E-state index in [4.69, 9.17) is 5.73 Å². The van der Waals surface area contributed by atoms with Gasteiger partial charge in [-0.15, -0.1) is 0 Å². The van der Waals surface area contributed by atoms with E-state index in [-0.39, 0.29) is 5.56 Å². The van der Waals surface area contributed by atoms with Crippen LogP contribution in [0.3, 0.4) is 0 Å². The molecule has 0 spiro atoms. The van der Waals surface area contributed by atoms with Crippen molar-refractivity contribution < 1.29 is 0 Å². The van der Waals surface area contributed by atoms with Gasteiger partial charge in [-0.1, -0.05) is 35.0 Å². The van der Waals surface area contributed by atoms with Crippen molar-refractivity contribution in [1.82, 2.24) is 9.36 Å². The third-order valence-electron chi connectivity index (χ3n) is 3.08. The summed E-state index contributed by atoms with van der Waals surface area (Å²) in [5, 5.41) is 0. The van der Waals surface area contributed by atoms with E-state index in [1.54, 1.807) is 4.68 Å². The second-order valence-electron chi connectivity index (χ2n) is 4.23. The molecule has 0 aliphatic rings. The summed E-state index contributed by atoms with van der Waals surface area (Å²) in [6.07, 6.45) is 0.753. The monoisotopic (exact) mass is 309 g/mol. The lowest BCUT2D eigenvalue weighted by molar-refractivity contribution is 0.519. The second kappa shape index (κ2) is 5.02. The molecule has 0 amide bonds. The number of aromatic nitrogens is 2. The van der Waals surface area contributed by atoms with E-state index in [0.29, 0.717) is 12.2 Å². The fourth-order valence-electron chi connectivity index (χ4n) is 2.12. The highest BCUT2D eigenvalue weighted by molar-refractivity contribution is 9.10. The number of benzene rings is 1. The summed E-state index contributed by atoms with van der Waals surface area (Å²) < 4.78 is 4.51. The zero-order valence-electron chi connectivity index (χ0n) is 10.5. The highest BCUT2D eigenvalue weighted by Gasteiger charge is 2.13. The van der Waals surface area contributed by atoms with Crippen molar-refractivity contribution in [2.45, 2.75) is 19.9 Å². The number of hydrogen-bond acceptors (Lipinski definition) is 2. The van der Waals surface area contributed by atoms with Crippen LogP contribution >= 0.6 is 15.9 Å². The van der Waals surface area contributed by atoms with Crippen molar-refractivity contribution in [3.8, 4) is 0 Å². The van der Waals surface area contributed by atoms with Crippen LogP contribution in [0.4, 0.5) is 5.69 Å². The molecule has 0 saturated carbocycles. The third kappa shape index (κ3) is 2.22. The van der Waals surface area contributed by atoms with E-state index < -0.39 is 0 Å². The zero-order chi connectivity index (χ0) is 13.3. The van der Waals surface area contributed by atoms with Crippen molar-refractivity contribution in [2.24, 2.45) is 7.05 Å². The molecule has 0 atom stereocenters. The molecule has 4 nitrogen and oxygen atoms in total. The largest absolute Gasteiger partial charge is 0.393 e. The van der Waals surface area contributed by atoms with E-state index in [9.17, 15) is 4.79 Å². The van der Waals surface area contributed by atoms with E-state index in [1.165, 1.54) is 0 Å². The molecule has 0 aliphatic carbocycles. The van der Waals surface area contributed by atoms with Gasteiger partial charge in [-0.3, -0.25) is 9.48 Å². The Morgan fingerprint density at radius 3 is 2.67 bits per heavy atom. The fourth-order valence-corrected chi connectivity index (χ4v) is 2.57. The van der Waals surface area contributed by atoms with Gasteiger partial charge < -0.3 is 5.73 Å². The van der Waals surface area contributed by atoms with E-state index >= 15 is 0 Å². The van der Waals surface area contributed by atoms with E-state index in [2.05, 4.69) is 15.9 Å². The number of nitrogens with two attached hydrogens (primary N) is 1. The normalized spacial score (nSPS) is 10.8. The molecular formula is C13H16BrN3O. The average molecular weight is 310 g/mol. The van der Waals surface area contributed by atoms with Crippen LogP contribution < -0.4 is 11.3 Å². The third-order valence-corrected chi connectivity index (χ3v) is 3.58. The van der Waals surface area contributed by atoms with Gasteiger partial charge in [-0.05, 0) is 24.1 Å². The van der Waals surface area contributed by atoms with Crippen LogP contribution in [0, 0.1) is 0 Å². The van der Waals surface area contributed by atoms with Gasteiger partial charge >= 0.3 is 0 Å². The van der Waals surface area contributed by atoms with Crippen LogP contribution in [0.5, 0.6) is 0 Å². The molecule has 0 fully saturated rings. The maximum Gasteiger partial charge on any atom is 0.290 e. The first-order valence-electron chi connectivity index (χ1n) is 5.83. The van der Waals surface area contributed by atoms with Crippen LogP contribution in [-0.4, -0.2) is 9.36 Å². The molecule has 1 heterocycles. The SMILES string of the molecule is CCc1c(N)c(=O)n(Cc2cccc(Br)c2)n1C. The number of anilines is 1. The fraction of sp³-hybridized carbons (Fsp3) is 0.308. The highest BCUT2D eigenvalue weighted by atomic mass is 79.9. The van der Waals surface area contributed by atoms with Crippen LogP contribution in [0.15, 0.2) is 33.5 Å². The van der Waals surface area contributed by atoms with Gasteiger partial charge in [0.1, 0.15) is 5.69 Å². The quantitative estimate of drug-likeness (QED) is 0.944. The van der Waals surface area contributed by atoms with Gasteiger partial charge in [0.2, 0.25) is 0 Å². The minimum atomic E-state index is -0.116. The Kier molecular flexibility index (Phi) is 3.61. The minimum absolute atomic E-state index is 0.116. The lowest BCUT2D eigenvalue weighted by atomic mass is 10.2. The maximum atomic E-state index is 12.1. The lowest BCUT2D eigenvalue weighted by Crippen LogP contribution is -2.23. The van der Waals surface area contributed by atoms with Crippen molar-refractivity contribution in [2.75, 3.05) is 5.73 Å². The molecule has 0 radical (unpaired) electrons. The summed E-state index contributed by atoms with van der Waals surface area (Å²) in [5.74, 6) is 0. The van der Waals surface area contributed by atoms with Crippen molar-refractivity contribution in [1.29, 1.82) is 0 Å². The molecular weight excluding hydrogens is 294 g/mol. The number of hydrogen-bond donors (Lipinski definition) is 1. The summed E-state index contributed by atoms with van der Waals surface area (Å²) in [6, 6.07) is 7.91. The molecule has 2 aromatic rings. The van der Waals surface area contributed by atoms with Crippen LogP contribution in [0.1, 0.15) is 18.2 Å². The molecule has 0 saturated heterocycles. The Morgan fingerprint density at radius 1 is 1.39 bits per heavy atom. The van der Waals surface area contributed by atoms with Gasteiger partial charge in [0, 0.05) is 11.5 Å². The topological polar surface area (TPSA) is 53.0 Å². The molecule has 96 valence electrons. The Morgan fingerprint density at radius 2 is 2.11 bits per heavy atom. The Bertz CT molecular complexity index is 628. The summed E-state index contributed by atoms with van der Waals surface area (Å²) in [7, 11) is 1.87. The maximum absolute atomic E-state index is 12.1. The van der Waals surface area contributed by atoms with E-state index in [1.807, 2.05) is 42.9 Å². The Labute approximate surface area is 114 Å². The predicted octanol–water partition coefficient (Wildman–Crippen LogP) is 2.14. The number of halogens is 1. The smallest absolute Gasteiger partial charge is 0.290 e. The molecule has 0 unspecified atom stereocenters. The first-order valence-corrected chi connectivity index (χ1v) is 6.62. The Hall–Kier alpha value is -1.49. The summed E-state index contributed by atoms with van der Waals surface area (Å²) in [6.45, 7) is 2.52. The number of rotatable bonds is 3. The van der Waals surface area contributed by atoms with Gasteiger partial charge in [0.15, 0.2) is 0 Å². The first-order chi connectivity index (χ1) is 8.54. The summed E-state index contributed by atoms with van der Waals surface area (Å²) >= 11 is 3.43. The molecule has 2 N–H and O–H groups in total. The number of nitrogens with zero attached hydrogens (tertiary/aromatic N) is 2. The standard InChI is InChI=1S/C13H16BrN3O/c1-3-11-12(15)13(18)17(16(11)2)8-9-5-4-6-10(14)7-9/h4-7H,3,8,15H2,1-2H3. The summed E-state index contributed by atoms with van der Waals surface area (Å²) in [5.41, 5.74) is 8.02. The minimum Gasteiger partial charge on any atom is -0.393 e. The van der Waals surface area contributed by atoms with Gasteiger partial charge in [0.25, 0.3) is 5.56 Å². The zero-order valence-corrected chi connectivity index (χ0v) is 12.1. The van der Waals surface area contributed by atoms with Gasteiger partial charge in [-0.25, -0.2) is 4.68 Å². The predicted molar refractivity (Wildman–Crippen MR) is 76.7 cm³/mol. The molecule has 1 aromatic heterocycles. The lowest BCUT2D eigenvalue weighted by Gasteiger charge is -2.09. The van der Waals surface area contributed by atoms with Gasteiger partial charge in [-0.2, -0.15) is 0 Å². The van der Waals surface area contributed by atoms with Crippen LogP contribution in [-0.2, 0) is 20.0 Å². The van der Waals surface area contributed by atoms with Crippen molar-refractivity contribution >= 4 is 21.6 Å². The summed E-state index contributed by atoms with van der Waals surface area (Å²) in [4.78, 5) is 12.1. The number of nitrogen functional groups attached to an aromatic ring is 1. The average Bonchev–Trinajstić information content (AvgIpc) is 2.53. The Balaban J connectivity index is 2.44.